The Balaban J connectivity index is 1.74. The molecule has 0 saturated carbocycles. The van der Waals surface area contributed by atoms with Crippen LogP contribution in [-0.2, 0) is 0 Å². The van der Waals surface area contributed by atoms with Gasteiger partial charge in [0.05, 0.1) is 0 Å². The van der Waals surface area contributed by atoms with Crippen LogP contribution in [0.1, 0.15) is 25.0 Å². The molecule has 32 heavy (non-hydrogen) atoms. The maximum Gasteiger partial charge on any atom is 0.0462 e. The average Bonchev–Trinajstić information content (AvgIpc) is 2.85. The Hall–Kier alpha value is -3.84. The van der Waals surface area contributed by atoms with Crippen molar-refractivity contribution in [2.45, 2.75) is 20.8 Å². The van der Waals surface area contributed by atoms with Gasteiger partial charge in [0.25, 0.3) is 0 Å². The molecule has 4 rings (SSSR count). The van der Waals surface area contributed by atoms with Gasteiger partial charge in [-0.2, -0.15) is 0 Å². The van der Waals surface area contributed by atoms with Crippen LogP contribution in [0.5, 0.6) is 0 Å². The second-order valence-electron chi connectivity index (χ2n) is 7.87. The highest BCUT2D eigenvalue weighted by Gasteiger charge is 2.13. The van der Waals surface area contributed by atoms with E-state index in [2.05, 4.69) is 147 Å². The van der Waals surface area contributed by atoms with Crippen LogP contribution in [0, 0.1) is 6.92 Å². The van der Waals surface area contributed by atoms with Crippen molar-refractivity contribution in [2.75, 3.05) is 4.90 Å². The van der Waals surface area contributed by atoms with E-state index in [4.69, 9.17) is 0 Å². The number of nitrogens with zero attached hydrogens (tertiary/aromatic N) is 1. The first-order valence-corrected chi connectivity index (χ1v) is 11.1. The van der Waals surface area contributed by atoms with Gasteiger partial charge in [0, 0.05) is 17.1 Å². The second-order valence-corrected chi connectivity index (χ2v) is 7.87. The Kier molecular flexibility index (Phi) is 6.67. The van der Waals surface area contributed by atoms with Crippen LogP contribution in [0.2, 0.25) is 0 Å². The van der Waals surface area contributed by atoms with Gasteiger partial charge in [0.15, 0.2) is 0 Å². The highest BCUT2D eigenvalue weighted by molar-refractivity contribution is 5.80. The molecule has 0 heterocycles. The van der Waals surface area contributed by atoms with Gasteiger partial charge in [-0.15, -0.1) is 0 Å². The van der Waals surface area contributed by atoms with E-state index < -0.39 is 0 Å². The summed E-state index contributed by atoms with van der Waals surface area (Å²) in [5.74, 6) is 0. The van der Waals surface area contributed by atoms with Crippen molar-refractivity contribution >= 4 is 22.6 Å². The van der Waals surface area contributed by atoms with E-state index >= 15 is 0 Å². The monoisotopic (exact) mass is 415 g/mol. The van der Waals surface area contributed by atoms with Gasteiger partial charge >= 0.3 is 0 Å². The summed E-state index contributed by atoms with van der Waals surface area (Å²) in [7, 11) is 0. The molecule has 1 heteroatoms. The number of hydrogen-bond donors (Lipinski definition) is 0. The molecule has 0 unspecified atom stereocenters. The smallest absolute Gasteiger partial charge is 0.0462 e. The Bertz CT molecular complexity index is 1200. The molecule has 0 atom stereocenters. The van der Waals surface area contributed by atoms with Crippen LogP contribution in [0.3, 0.4) is 0 Å². The van der Waals surface area contributed by atoms with Gasteiger partial charge in [-0.3, -0.25) is 0 Å². The average molecular weight is 416 g/mol. The lowest BCUT2D eigenvalue weighted by Gasteiger charge is -2.26. The molecule has 0 spiro atoms. The molecule has 0 saturated heterocycles. The molecule has 0 N–H and O–H groups in total. The Morgan fingerprint density at radius 3 is 1.62 bits per heavy atom. The maximum atomic E-state index is 2.31. The molecule has 0 bridgehead atoms. The zero-order valence-corrected chi connectivity index (χ0v) is 19.0. The van der Waals surface area contributed by atoms with Crippen LogP contribution in [0.15, 0.2) is 121 Å². The van der Waals surface area contributed by atoms with Crippen molar-refractivity contribution in [3.63, 3.8) is 0 Å². The lowest BCUT2D eigenvalue weighted by atomic mass is 10.0. The van der Waals surface area contributed by atoms with Crippen LogP contribution >= 0.6 is 0 Å². The molecule has 158 valence electrons. The van der Waals surface area contributed by atoms with Crippen molar-refractivity contribution in [3.05, 3.63) is 132 Å². The molecular formula is C31H29N. The number of aryl methyl sites for hydroxylation is 1. The fraction of sp³-hybridized carbons (Fsp3) is 0.0968. The first-order chi connectivity index (χ1) is 15.7. The molecule has 4 aromatic carbocycles. The van der Waals surface area contributed by atoms with Gasteiger partial charge in [0.1, 0.15) is 0 Å². The Morgan fingerprint density at radius 1 is 0.594 bits per heavy atom. The Labute approximate surface area is 192 Å². The minimum atomic E-state index is 1.14. The Morgan fingerprint density at radius 2 is 1.09 bits per heavy atom. The van der Waals surface area contributed by atoms with Gasteiger partial charge in [-0.05, 0) is 79.4 Å². The van der Waals surface area contributed by atoms with Crippen LogP contribution in [-0.4, -0.2) is 0 Å². The molecule has 4 aromatic rings. The molecule has 0 radical (unpaired) electrons. The highest BCUT2D eigenvalue weighted by atomic mass is 15.1. The summed E-state index contributed by atoms with van der Waals surface area (Å²) in [5, 5.41) is 0. The molecule has 0 aromatic heterocycles. The third-order valence-corrected chi connectivity index (χ3v) is 5.64. The topological polar surface area (TPSA) is 3.24 Å². The third-order valence-electron chi connectivity index (χ3n) is 5.64. The van der Waals surface area contributed by atoms with E-state index in [0.29, 0.717) is 0 Å². The maximum absolute atomic E-state index is 2.31. The van der Waals surface area contributed by atoms with E-state index in [1.54, 1.807) is 0 Å². The summed E-state index contributed by atoms with van der Waals surface area (Å²) in [6, 6.07) is 36.8. The van der Waals surface area contributed by atoms with Gasteiger partial charge in [-0.25, -0.2) is 0 Å². The van der Waals surface area contributed by atoms with E-state index in [9.17, 15) is 0 Å². The first kappa shape index (κ1) is 21.4. The fourth-order valence-corrected chi connectivity index (χ4v) is 3.92. The zero-order valence-electron chi connectivity index (χ0n) is 19.0. The molecule has 0 amide bonds. The standard InChI is InChI=1S/C31H29N/c1-4-9-25(5-2)27-14-20-30(21-15-27)32(29-18-12-24(3)13-19-29)31-22-16-28(17-23-31)26-10-7-6-8-11-26/h4-23H,1-3H3/b9-4-,25-5+. The second kappa shape index (κ2) is 9.98. The quantitative estimate of drug-likeness (QED) is 0.284. The lowest BCUT2D eigenvalue weighted by Crippen LogP contribution is -2.09. The van der Waals surface area contributed by atoms with Crippen molar-refractivity contribution in [1.82, 2.24) is 0 Å². The van der Waals surface area contributed by atoms with Crippen molar-refractivity contribution < 1.29 is 0 Å². The van der Waals surface area contributed by atoms with Crippen molar-refractivity contribution in [1.29, 1.82) is 0 Å². The van der Waals surface area contributed by atoms with Gasteiger partial charge < -0.3 is 4.90 Å². The van der Waals surface area contributed by atoms with Gasteiger partial charge in [-0.1, -0.05) is 90.5 Å². The summed E-state index contributed by atoms with van der Waals surface area (Å²) in [4.78, 5) is 2.31. The lowest BCUT2D eigenvalue weighted by molar-refractivity contribution is 1.27. The number of rotatable bonds is 6. The van der Waals surface area contributed by atoms with Gasteiger partial charge in [0.2, 0.25) is 0 Å². The van der Waals surface area contributed by atoms with Crippen molar-refractivity contribution in [2.24, 2.45) is 0 Å². The third kappa shape index (κ3) is 4.73. The highest BCUT2D eigenvalue weighted by Crippen LogP contribution is 2.36. The first-order valence-electron chi connectivity index (χ1n) is 11.1. The summed E-state index contributed by atoms with van der Waals surface area (Å²) in [6.07, 6.45) is 6.38. The van der Waals surface area contributed by atoms with Crippen molar-refractivity contribution in [3.8, 4) is 11.1 Å². The van der Waals surface area contributed by atoms with E-state index in [0.717, 1.165) is 17.1 Å². The number of benzene rings is 4. The van der Waals surface area contributed by atoms with Crippen LogP contribution < -0.4 is 4.90 Å². The van der Waals surface area contributed by atoms with Crippen LogP contribution in [0.25, 0.3) is 16.7 Å². The summed E-state index contributed by atoms with van der Waals surface area (Å²) in [5.41, 5.74) is 9.58. The predicted octanol–water partition coefficient (Wildman–Crippen LogP) is 9.11. The normalized spacial score (nSPS) is 11.7. The minimum Gasteiger partial charge on any atom is -0.311 e. The molecule has 0 aliphatic carbocycles. The number of anilines is 3. The fourth-order valence-electron chi connectivity index (χ4n) is 3.92. The predicted molar refractivity (Wildman–Crippen MR) is 140 cm³/mol. The summed E-state index contributed by atoms with van der Waals surface area (Å²) < 4.78 is 0. The number of hydrogen-bond acceptors (Lipinski definition) is 1. The summed E-state index contributed by atoms with van der Waals surface area (Å²) >= 11 is 0. The molecule has 0 aliphatic rings. The molecule has 0 fully saturated rings. The van der Waals surface area contributed by atoms with E-state index in [-0.39, 0.29) is 0 Å². The number of allylic oxidation sites excluding steroid dienone is 4. The SMILES string of the molecule is C/C=C\C(=C/C)c1ccc(N(c2ccc(C)cc2)c2ccc(-c3ccccc3)cc2)cc1. The molecule has 1 nitrogen and oxygen atoms in total. The van der Waals surface area contributed by atoms with E-state index in [1.165, 1.54) is 27.8 Å². The molecule has 0 aliphatic heterocycles. The molecular weight excluding hydrogens is 386 g/mol. The van der Waals surface area contributed by atoms with E-state index in [1.807, 2.05) is 0 Å². The van der Waals surface area contributed by atoms with Crippen LogP contribution in [0.4, 0.5) is 17.1 Å². The largest absolute Gasteiger partial charge is 0.311 e. The summed E-state index contributed by atoms with van der Waals surface area (Å²) in [6.45, 7) is 6.25. The zero-order chi connectivity index (χ0) is 22.3. The minimum absolute atomic E-state index is 1.14.